The van der Waals surface area contributed by atoms with Crippen LogP contribution in [-0.2, 0) is 4.74 Å². The summed E-state index contributed by atoms with van der Waals surface area (Å²) in [5.74, 6) is -0.899. The lowest BCUT2D eigenvalue weighted by molar-refractivity contribution is 0.0270. The Morgan fingerprint density at radius 1 is 1.24 bits per heavy atom. The topological polar surface area (TPSA) is 49.9 Å². The molecular formula is C19H25FN2O3. The predicted octanol–water partition coefficient (Wildman–Crippen LogP) is 3.55. The van der Waals surface area contributed by atoms with Gasteiger partial charge in [0.2, 0.25) is 0 Å². The SMILES string of the molecule is CN(C)C(=O)c1ccc(C2=CCN(C(=O)OC(C)(C)C)CC2)cc1F. The second-order valence-electron chi connectivity index (χ2n) is 7.30. The summed E-state index contributed by atoms with van der Waals surface area (Å²) in [5, 5.41) is 0. The molecule has 1 aliphatic heterocycles. The lowest BCUT2D eigenvalue weighted by atomic mass is 9.98. The number of carbonyl (C=O) groups excluding carboxylic acids is 2. The average Bonchev–Trinajstić information content (AvgIpc) is 2.52. The van der Waals surface area contributed by atoms with Crippen molar-refractivity contribution >= 4 is 17.6 Å². The first-order valence-electron chi connectivity index (χ1n) is 8.27. The highest BCUT2D eigenvalue weighted by Crippen LogP contribution is 2.25. The molecule has 0 aromatic heterocycles. The number of benzene rings is 1. The van der Waals surface area contributed by atoms with Gasteiger partial charge in [0.05, 0.1) is 5.56 Å². The highest BCUT2D eigenvalue weighted by Gasteiger charge is 2.24. The van der Waals surface area contributed by atoms with E-state index in [1.807, 2.05) is 26.8 Å². The van der Waals surface area contributed by atoms with Gasteiger partial charge in [0.25, 0.3) is 5.91 Å². The van der Waals surface area contributed by atoms with E-state index < -0.39 is 11.4 Å². The van der Waals surface area contributed by atoms with Crippen LogP contribution in [0.2, 0.25) is 0 Å². The maximum atomic E-state index is 14.2. The molecule has 0 bridgehead atoms. The summed E-state index contributed by atoms with van der Waals surface area (Å²) >= 11 is 0. The van der Waals surface area contributed by atoms with Crippen LogP contribution in [0.15, 0.2) is 24.3 Å². The zero-order valence-electron chi connectivity index (χ0n) is 15.4. The van der Waals surface area contributed by atoms with Gasteiger partial charge in [-0.1, -0.05) is 12.1 Å². The highest BCUT2D eigenvalue weighted by atomic mass is 19.1. The van der Waals surface area contributed by atoms with Gasteiger partial charge in [-0.15, -0.1) is 0 Å². The number of nitrogens with zero attached hydrogens (tertiary/aromatic N) is 2. The van der Waals surface area contributed by atoms with Crippen LogP contribution in [0.1, 0.15) is 43.1 Å². The third kappa shape index (κ3) is 4.81. The predicted molar refractivity (Wildman–Crippen MR) is 94.8 cm³/mol. The van der Waals surface area contributed by atoms with E-state index in [0.29, 0.717) is 19.5 Å². The number of hydrogen-bond donors (Lipinski definition) is 0. The second kappa shape index (κ2) is 7.25. The van der Waals surface area contributed by atoms with E-state index in [1.165, 1.54) is 17.0 Å². The van der Waals surface area contributed by atoms with Gasteiger partial charge in [-0.2, -0.15) is 0 Å². The van der Waals surface area contributed by atoms with Crippen molar-refractivity contribution in [3.63, 3.8) is 0 Å². The van der Waals surface area contributed by atoms with Crippen molar-refractivity contribution in [1.29, 1.82) is 0 Å². The second-order valence-corrected chi connectivity index (χ2v) is 7.30. The van der Waals surface area contributed by atoms with Gasteiger partial charge in [0.15, 0.2) is 0 Å². The molecule has 0 unspecified atom stereocenters. The Kier molecular flexibility index (Phi) is 5.50. The number of carbonyl (C=O) groups is 2. The molecule has 136 valence electrons. The van der Waals surface area contributed by atoms with Gasteiger partial charge in [-0.25, -0.2) is 9.18 Å². The summed E-state index contributed by atoms with van der Waals surface area (Å²) in [6.45, 7) is 6.42. The van der Waals surface area contributed by atoms with Gasteiger partial charge in [0, 0.05) is 27.2 Å². The first-order chi connectivity index (χ1) is 11.6. The van der Waals surface area contributed by atoms with Crippen molar-refractivity contribution in [2.75, 3.05) is 27.2 Å². The highest BCUT2D eigenvalue weighted by molar-refractivity contribution is 5.94. The largest absolute Gasteiger partial charge is 0.444 e. The van der Waals surface area contributed by atoms with Crippen LogP contribution in [0.4, 0.5) is 9.18 Å². The van der Waals surface area contributed by atoms with E-state index in [9.17, 15) is 14.0 Å². The standard InChI is InChI=1S/C19H25FN2O3/c1-19(2,3)25-18(24)22-10-8-13(9-11-22)14-6-7-15(16(20)12-14)17(23)21(4)5/h6-8,12H,9-11H2,1-5H3. The van der Waals surface area contributed by atoms with E-state index in [1.54, 1.807) is 25.1 Å². The van der Waals surface area contributed by atoms with Crippen LogP contribution in [-0.4, -0.2) is 54.6 Å². The van der Waals surface area contributed by atoms with E-state index >= 15 is 0 Å². The Balaban J connectivity index is 2.10. The zero-order chi connectivity index (χ0) is 18.8. The molecule has 0 radical (unpaired) electrons. The molecule has 6 heteroatoms. The minimum absolute atomic E-state index is 0.0561. The molecule has 2 rings (SSSR count). The van der Waals surface area contributed by atoms with Crippen molar-refractivity contribution < 1.29 is 18.7 Å². The van der Waals surface area contributed by atoms with Gasteiger partial charge in [-0.3, -0.25) is 4.79 Å². The maximum Gasteiger partial charge on any atom is 0.410 e. The van der Waals surface area contributed by atoms with Crippen molar-refractivity contribution in [3.8, 4) is 0 Å². The third-order valence-electron chi connectivity index (χ3n) is 3.84. The maximum absolute atomic E-state index is 14.2. The summed E-state index contributed by atoms with van der Waals surface area (Å²) in [4.78, 5) is 26.9. The smallest absolute Gasteiger partial charge is 0.410 e. The first-order valence-corrected chi connectivity index (χ1v) is 8.27. The first kappa shape index (κ1) is 19.0. The summed E-state index contributed by atoms with van der Waals surface area (Å²) in [5.41, 5.74) is 1.22. The molecule has 0 atom stereocenters. The lowest BCUT2D eigenvalue weighted by Gasteiger charge is -2.29. The van der Waals surface area contributed by atoms with Crippen LogP contribution >= 0.6 is 0 Å². The summed E-state index contributed by atoms with van der Waals surface area (Å²) < 4.78 is 19.6. The van der Waals surface area contributed by atoms with Crippen LogP contribution in [0.3, 0.4) is 0 Å². The number of amides is 2. The van der Waals surface area contributed by atoms with Crippen LogP contribution in [0, 0.1) is 5.82 Å². The third-order valence-corrected chi connectivity index (χ3v) is 3.84. The van der Waals surface area contributed by atoms with Crippen LogP contribution in [0.5, 0.6) is 0 Å². The monoisotopic (exact) mass is 348 g/mol. The van der Waals surface area contributed by atoms with Crippen molar-refractivity contribution in [1.82, 2.24) is 9.80 Å². The molecule has 2 amide bonds. The molecule has 1 aromatic rings. The molecule has 1 aliphatic rings. The Morgan fingerprint density at radius 2 is 1.92 bits per heavy atom. The Bertz CT molecular complexity index is 705. The van der Waals surface area contributed by atoms with E-state index in [0.717, 1.165) is 11.1 Å². The van der Waals surface area contributed by atoms with Crippen LogP contribution in [0.25, 0.3) is 5.57 Å². The van der Waals surface area contributed by atoms with Gasteiger partial charge in [-0.05, 0) is 50.5 Å². The molecule has 5 nitrogen and oxygen atoms in total. The van der Waals surface area contributed by atoms with E-state index in [4.69, 9.17) is 4.74 Å². The van der Waals surface area contributed by atoms with Crippen LogP contribution < -0.4 is 0 Å². The van der Waals surface area contributed by atoms with Gasteiger partial charge < -0.3 is 14.5 Å². The average molecular weight is 348 g/mol. The van der Waals surface area contributed by atoms with Gasteiger partial charge in [0.1, 0.15) is 11.4 Å². The number of hydrogen-bond acceptors (Lipinski definition) is 3. The Hall–Kier alpha value is -2.37. The molecular weight excluding hydrogens is 323 g/mol. The molecule has 1 heterocycles. The number of ether oxygens (including phenoxy) is 1. The Labute approximate surface area is 148 Å². The molecule has 0 saturated carbocycles. The van der Waals surface area contributed by atoms with Crippen molar-refractivity contribution in [2.24, 2.45) is 0 Å². The molecule has 0 saturated heterocycles. The minimum atomic E-state index is -0.535. The molecule has 1 aromatic carbocycles. The fourth-order valence-electron chi connectivity index (χ4n) is 2.55. The molecule has 0 fully saturated rings. The Morgan fingerprint density at radius 3 is 2.40 bits per heavy atom. The fraction of sp³-hybridized carbons (Fsp3) is 0.474. The molecule has 0 aliphatic carbocycles. The van der Waals surface area contributed by atoms with E-state index in [2.05, 4.69) is 0 Å². The molecule has 0 spiro atoms. The summed E-state index contributed by atoms with van der Waals surface area (Å²) in [6, 6.07) is 4.63. The fourth-order valence-corrected chi connectivity index (χ4v) is 2.55. The van der Waals surface area contributed by atoms with Crippen molar-refractivity contribution in [3.05, 3.63) is 41.2 Å². The molecule has 25 heavy (non-hydrogen) atoms. The lowest BCUT2D eigenvalue weighted by Crippen LogP contribution is -2.39. The molecule has 0 N–H and O–H groups in total. The van der Waals surface area contributed by atoms with Crippen molar-refractivity contribution in [2.45, 2.75) is 32.8 Å². The minimum Gasteiger partial charge on any atom is -0.444 e. The number of halogens is 1. The number of rotatable bonds is 2. The normalized spacial score (nSPS) is 14.8. The zero-order valence-corrected chi connectivity index (χ0v) is 15.4. The van der Waals surface area contributed by atoms with E-state index in [-0.39, 0.29) is 17.6 Å². The van der Waals surface area contributed by atoms with Gasteiger partial charge >= 0.3 is 6.09 Å². The summed E-state index contributed by atoms with van der Waals surface area (Å²) in [7, 11) is 3.18. The summed E-state index contributed by atoms with van der Waals surface area (Å²) in [6.07, 6.45) is 2.16. The quantitative estimate of drug-likeness (QED) is 0.821.